The summed E-state index contributed by atoms with van der Waals surface area (Å²) in [5.74, 6) is 0.607. The standard InChI is InChI=1S/C22H22ClN7O2/c1-28-10-17(9-26-28)16-7-19-20(25-14-27-30(19)11-16)29-12-22(13-29,32-2)21(31)24-8-15-3-5-18(23)6-4-15/h3-7,9-11,14H,8,12-13H2,1-2H3,(H,24,31). The van der Waals surface area contributed by atoms with Crippen molar-refractivity contribution in [3.63, 3.8) is 0 Å². The topological polar surface area (TPSA) is 89.6 Å². The summed E-state index contributed by atoms with van der Waals surface area (Å²) < 4.78 is 9.20. The minimum absolute atomic E-state index is 0.150. The fourth-order valence-electron chi connectivity index (χ4n) is 3.92. The molecule has 4 heterocycles. The fraction of sp³-hybridized carbons (Fsp3) is 0.273. The van der Waals surface area contributed by atoms with Crippen LogP contribution in [0, 0.1) is 0 Å². The van der Waals surface area contributed by atoms with Gasteiger partial charge >= 0.3 is 0 Å². The maximum Gasteiger partial charge on any atom is 0.256 e. The second kappa shape index (κ2) is 7.92. The van der Waals surface area contributed by atoms with E-state index in [4.69, 9.17) is 16.3 Å². The van der Waals surface area contributed by atoms with Crippen LogP contribution < -0.4 is 10.2 Å². The van der Waals surface area contributed by atoms with E-state index < -0.39 is 5.60 Å². The summed E-state index contributed by atoms with van der Waals surface area (Å²) in [7, 11) is 3.44. The Morgan fingerprint density at radius 3 is 2.66 bits per heavy atom. The van der Waals surface area contributed by atoms with E-state index in [1.54, 1.807) is 28.4 Å². The number of fused-ring (bicyclic) bond motifs is 1. The number of nitrogens with zero attached hydrogens (tertiary/aromatic N) is 6. The molecule has 3 aromatic heterocycles. The van der Waals surface area contributed by atoms with Crippen molar-refractivity contribution >= 4 is 28.8 Å². The molecule has 4 aromatic rings. The Hall–Kier alpha value is -3.43. The monoisotopic (exact) mass is 451 g/mol. The smallest absolute Gasteiger partial charge is 0.256 e. The van der Waals surface area contributed by atoms with Gasteiger partial charge in [-0.05, 0) is 23.8 Å². The van der Waals surface area contributed by atoms with Crippen LogP contribution in [0.1, 0.15) is 5.56 Å². The number of aromatic nitrogens is 5. The highest BCUT2D eigenvalue weighted by molar-refractivity contribution is 6.30. The van der Waals surface area contributed by atoms with Gasteiger partial charge in [0.1, 0.15) is 11.8 Å². The molecule has 1 saturated heterocycles. The number of ether oxygens (including phenoxy) is 1. The molecule has 0 radical (unpaired) electrons. The third-order valence-corrected chi connectivity index (χ3v) is 6.04. The molecule has 1 fully saturated rings. The summed E-state index contributed by atoms with van der Waals surface area (Å²) in [5.41, 5.74) is 2.91. The summed E-state index contributed by atoms with van der Waals surface area (Å²) in [6.45, 7) is 1.21. The Balaban J connectivity index is 1.32. The molecule has 5 rings (SSSR count). The summed E-state index contributed by atoms with van der Waals surface area (Å²) >= 11 is 5.92. The predicted molar refractivity (Wildman–Crippen MR) is 120 cm³/mol. The summed E-state index contributed by atoms with van der Waals surface area (Å²) in [6, 6.07) is 9.41. The van der Waals surface area contributed by atoms with Crippen molar-refractivity contribution in [3.8, 4) is 11.1 Å². The van der Waals surface area contributed by atoms with Gasteiger partial charge in [-0.1, -0.05) is 23.7 Å². The van der Waals surface area contributed by atoms with Gasteiger partial charge in [-0.15, -0.1) is 0 Å². The highest BCUT2D eigenvalue weighted by Crippen LogP contribution is 2.33. The lowest BCUT2D eigenvalue weighted by Crippen LogP contribution is -2.70. The number of rotatable bonds is 6. The number of nitrogens with one attached hydrogen (secondary N) is 1. The fourth-order valence-corrected chi connectivity index (χ4v) is 4.05. The number of amides is 1. The van der Waals surface area contributed by atoms with E-state index in [0.717, 1.165) is 28.0 Å². The first kappa shape index (κ1) is 20.5. The normalized spacial score (nSPS) is 15.0. The Bertz CT molecular complexity index is 1280. The minimum atomic E-state index is -0.923. The molecule has 10 heteroatoms. The van der Waals surface area contributed by atoms with Gasteiger partial charge in [0.15, 0.2) is 11.4 Å². The lowest BCUT2D eigenvalue weighted by Gasteiger charge is -2.48. The van der Waals surface area contributed by atoms with Crippen LogP contribution in [0.5, 0.6) is 0 Å². The first-order valence-electron chi connectivity index (χ1n) is 10.1. The number of carbonyl (C=O) groups excluding carboxylic acids is 1. The Kier molecular flexibility index (Phi) is 5.07. The van der Waals surface area contributed by atoms with E-state index in [-0.39, 0.29) is 5.91 Å². The second-order valence-electron chi connectivity index (χ2n) is 7.91. The van der Waals surface area contributed by atoms with Crippen LogP contribution in [0.4, 0.5) is 5.82 Å². The van der Waals surface area contributed by atoms with E-state index in [2.05, 4.69) is 20.5 Å². The molecule has 1 amide bonds. The zero-order valence-electron chi connectivity index (χ0n) is 17.7. The molecular formula is C22H22ClN7O2. The number of anilines is 1. The van der Waals surface area contributed by atoms with Gasteiger partial charge < -0.3 is 15.0 Å². The molecule has 0 bridgehead atoms. The molecule has 0 saturated carbocycles. The van der Waals surface area contributed by atoms with Crippen molar-refractivity contribution in [2.24, 2.45) is 7.05 Å². The van der Waals surface area contributed by atoms with Crippen molar-refractivity contribution in [1.29, 1.82) is 0 Å². The Morgan fingerprint density at radius 1 is 1.19 bits per heavy atom. The third-order valence-electron chi connectivity index (χ3n) is 5.79. The summed E-state index contributed by atoms with van der Waals surface area (Å²) in [5, 5.41) is 12.2. The Labute approximate surface area is 189 Å². The van der Waals surface area contributed by atoms with Crippen LogP contribution in [0.25, 0.3) is 16.6 Å². The van der Waals surface area contributed by atoms with E-state index >= 15 is 0 Å². The predicted octanol–water partition coefficient (Wildman–Crippen LogP) is 2.30. The van der Waals surface area contributed by atoms with Gasteiger partial charge in [0, 0.05) is 49.2 Å². The number of aryl methyl sites for hydroxylation is 1. The molecule has 1 aliphatic rings. The zero-order chi connectivity index (χ0) is 22.3. The molecule has 1 aromatic carbocycles. The van der Waals surface area contributed by atoms with Gasteiger partial charge in [-0.25, -0.2) is 9.50 Å². The molecule has 9 nitrogen and oxygen atoms in total. The number of carbonyl (C=O) groups is 1. The van der Waals surface area contributed by atoms with Gasteiger partial charge in [0.05, 0.1) is 19.3 Å². The Morgan fingerprint density at radius 2 is 1.97 bits per heavy atom. The van der Waals surface area contributed by atoms with Crippen molar-refractivity contribution in [1.82, 2.24) is 29.7 Å². The molecular weight excluding hydrogens is 430 g/mol. The maximum absolute atomic E-state index is 12.9. The molecule has 0 unspecified atom stereocenters. The van der Waals surface area contributed by atoms with Crippen LogP contribution in [-0.4, -0.2) is 56.1 Å². The van der Waals surface area contributed by atoms with Crippen molar-refractivity contribution in [2.45, 2.75) is 12.1 Å². The number of halogens is 1. The third kappa shape index (κ3) is 3.59. The van der Waals surface area contributed by atoms with Crippen LogP contribution in [0.2, 0.25) is 5.02 Å². The van der Waals surface area contributed by atoms with E-state index in [1.807, 2.05) is 48.7 Å². The van der Waals surface area contributed by atoms with Gasteiger partial charge in [0.2, 0.25) is 0 Å². The molecule has 164 valence electrons. The van der Waals surface area contributed by atoms with Crippen molar-refractivity contribution in [3.05, 3.63) is 65.8 Å². The molecule has 0 aliphatic carbocycles. The maximum atomic E-state index is 12.9. The number of hydrogen-bond acceptors (Lipinski definition) is 6. The molecule has 0 spiro atoms. The zero-order valence-corrected chi connectivity index (χ0v) is 18.5. The van der Waals surface area contributed by atoms with Gasteiger partial charge in [0.25, 0.3) is 5.91 Å². The quantitative estimate of drug-likeness (QED) is 0.484. The first-order chi connectivity index (χ1) is 15.5. The number of benzene rings is 1. The van der Waals surface area contributed by atoms with Crippen LogP contribution in [0.15, 0.2) is 55.2 Å². The van der Waals surface area contributed by atoms with Crippen LogP contribution >= 0.6 is 11.6 Å². The van der Waals surface area contributed by atoms with Crippen molar-refractivity contribution in [2.75, 3.05) is 25.1 Å². The van der Waals surface area contributed by atoms with Crippen LogP contribution in [0.3, 0.4) is 0 Å². The average molecular weight is 452 g/mol. The lowest BCUT2D eigenvalue weighted by molar-refractivity contribution is -0.146. The molecule has 0 atom stereocenters. The lowest BCUT2D eigenvalue weighted by atomic mass is 9.92. The van der Waals surface area contributed by atoms with E-state index in [9.17, 15) is 4.79 Å². The van der Waals surface area contributed by atoms with E-state index in [0.29, 0.717) is 24.7 Å². The van der Waals surface area contributed by atoms with Crippen LogP contribution in [-0.2, 0) is 23.1 Å². The SMILES string of the molecule is COC1(C(=O)NCc2ccc(Cl)cc2)CN(c2ncnn3cc(-c4cnn(C)c4)cc23)C1. The summed E-state index contributed by atoms with van der Waals surface area (Å²) in [4.78, 5) is 19.4. The van der Waals surface area contributed by atoms with E-state index in [1.165, 1.54) is 6.33 Å². The minimum Gasteiger partial charge on any atom is -0.365 e. The molecule has 1 N–H and O–H groups in total. The molecule has 32 heavy (non-hydrogen) atoms. The number of methoxy groups -OCH3 is 1. The number of hydrogen-bond donors (Lipinski definition) is 1. The second-order valence-corrected chi connectivity index (χ2v) is 8.34. The van der Waals surface area contributed by atoms with Crippen molar-refractivity contribution < 1.29 is 9.53 Å². The summed E-state index contributed by atoms with van der Waals surface area (Å²) in [6.07, 6.45) is 7.22. The highest BCUT2D eigenvalue weighted by Gasteiger charge is 2.50. The largest absolute Gasteiger partial charge is 0.365 e. The first-order valence-corrected chi connectivity index (χ1v) is 10.5. The molecule has 1 aliphatic heterocycles. The highest BCUT2D eigenvalue weighted by atomic mass is 35.5. The average Bonchev–Trinajstić information content (AvgIpc) is 3.39. The van der Waals surface area contributed by atoms with Gasteiger partial charge in [-0.3, -0.25) is 9.48 Å². The van der Waals surface area contributed by atoms with Gasteiger partial charge in [-0.2, -0.15) is 10.2 Å².